The van der Waals surface area contributed by atoms with E-state index in [2.05, 4.69) is 64.3 Å². The normalized spacial score (nSPS) is 16.3. The van der Waals surface area contributed by atoms with Crippen LogP contribution in [0.1, 0.15) is 16.8 Å². The Bertz CT molecular complexity index is 850. The van der Waals surface area contributed by atoms with Crippen molar-refractivity contribution in [2.24, 2.45) is 0 Å². The molecule has 4 nitrogen and oxygen atoms in total. The van der Waals surface area contributed by atoms with Gasteiger partial charge in [-0.1, -0.05) is 41.9 Å². The molecule has 0 radical (unpaired) electrons. The standard InChI is InChI=1S/C20H21ClN4/c1-14-19(21)13-25(24-14)18-8-6-15(7-9-18)11-22-17-10-16-4-2-3-5-20(16)23-12-17/h2-9,13,17,22-23H,10-12H2,1H3. The van der Waals surface area contributed by atoms with Crippen molar-refractivity contribution in [1.82, 2.24) is 15.1 Å². The summed E-state index contributed by atoms with van der Waals surface area (Å²) in [5.74, 6) is 0. The quantitative estimate of drug-likeness (QED) is 0.746. The predicted molar refractivity (Wildman–Crippen MR) is 103 cm³/mol. The smallest absolute Gasteiger partial charge is 0.0819 e. The molecule has 3 aromatic rings. The first kappa shape index (κ1) is 16.2. The molecule has 0 bridgehead atoms. The molecule has 0 saturated carbocycles. The Kier molecular flexibility index (Phi) is 4.47. The van der Waals surface area contributed by atoms with Gasteiger partial charge in [-0.15, -0.1) is 0 Å². The third-order valence-electron chi connectivity index (χ3n) is 4.66. The Labute approximate surface area is 152 Å². The Morgan fingerprint density at radius 3 is 2.76 bits per heavy atom. The minimum absolute atomic E-state index is 0.446. The number of fused-ring (bicyclic) bond motifs is 1. The summed E-state index contributed by atoms with van der Waals surface area (Å²) in [4.78, 5) is 0. The molecule has 1 aliphatic rings. The zero-order valence-corrected chi connectivity index (χ0v) is 14.9. The summed E-state index contributed by atoms with van der Waals surface area (Å²) in [6.07, 6.45) is 2.90. The van der Waals surface area contributed by atoms with Crippen LogP contribution in [-0.2, 0) is 13.0 Å². The lowest BCUT2D eigenvalue weighted by Gasteiger charge is -2.27. The van der Waals surface area contributed by atoms with Crippen LogP contribution in [0.4, 0.5) is 5.69 Å². The van der Waals surface area contributed by atoms with E-state index in [1.54, 1.807) is 0 Å². The molecule has 5 heteroatoms. The molecule has 0 fully saturated rings. The number of para-hydroxylation sites is 1. The average Bonchev–Trinajstić information content (AvgIpc) is 2.99. The van der Waals surface area contributed by atoms with Crippen LogP contribution in [0.15, 0.2) is 54.7 Å². The molecule has 1 unspecified atom stereocenters. The fraction of sp³-hybridized carbons (Fsp3) is 0.250. The summed E-state index contributed by atoms with van der Waals surface area (Å²) >= 11 is 6.08. The Hall–Kier alpha value is -2.30. The first-order valence-electron chi connectivity index (χ1n) is 8.55. The lowest BCUT2D eigenvalue weighted by atomic mass is 9.99. The summed E-state index contributed by atoms with van der Waals surface area (Å²) in [7, 11) is 0. The summed E-state index contributed by atoms with van der Waals surface area (Å²) in [6, 6.07) is 17.4. The van der Waals surface area contributed by atoms with E-state index in [-0.39, 0.29) is 0 Å². The number of nitrogens with zero attached hydrogens (tertiary/aromatic N) is 2. The van der Waals surface area contributed by atoms with Crippen LogP contribution in [0.3, 0.4) is 0 Å². The lowest BCUT2D eigenvalue weighted by molar-refractivity contribution is 0.517. The molecule has 0 aliphatic carbocycles. The van der Waals surface area contributed by atoms with Crippen LogP contribution < -0.4 is 10.6 Å². The summed E-state index contributed by atoms with van der Waals surface area (Å²) in [5, 5.41) is 12.2. The first-order valence-corrected chi connectivity index (χ1v) is 8.93. The van der Waals surface area contributed by atoms with Crippen molar-refractivity contribution in [2.45, 2.75) is 25.9 Å². The highest BCUT2D eigenvalue weighted by atomic mass is 35.5. The molecule has 1 aromatic heterocycles. The first-order chi connectivity index (χ1) is 12.2. The van der Waals surface area contributed by atoms with Gasteiger partial charge in [0.15, 0.2) is 0 Å². The van der Waals surface area contributed by atoms with Gasteiger partial charge in [-0.05, 0) is 42.7 Å². The second-order valence-corrected chi connectivity index (χ2v) is 6.90. The third kappa shape index (κ3) is 3.55. The van der Waals surface area contributed by atoms with E-state index in [1.165, 1.54) is 16.8 Å². The third-order valence-corrected chi connectivity index (χ3v) is 5.03. The highest BCUT2D eigenvalue weighted by Crippen LogP contribution is 2.21. The Morgan fingerprint density at radius 1 is 1.20 bits per heavy atom. The summed E-state index contributed by atoms with van der Waals surface area (Å²) < 4.78 is 1.82. The molecule has 1 aliphatic heterocycles. The molecular formula is C20H21ClN4. The fourth-order valence-corrected chi connectivity index (χ4v) is 3.32. The van der Waals surface area contributed by atoms with Crippen molar-refractivity contribution in [1.29, 1.82) is 0 Å². The highest BCUT2D eigenvalue weighted by molar-refractivity contribution is 6.31. The van der Waals surface area contributed by atoms with Gasteiger partial charge in [0.05, 0.1) is 16.4 Å². The molecule has 2 aromatic carbocycles. The van der Waals surface area contributed by atoms with Gasteiger partial charge in [0.2, 0.25) is 0 Å². The number of anilines is 1. The van der Waals surface area contributed by atoms with Gasteiger partial charge in [-0.3, -0.25) is 0 Å². The van der Waals surface area contributed by atoms with E-state index in [0.29, 0.717) is 11.1 Å². The van der Waals surface area contributed by atoms with Gasteiger partial charge < -0.3 is 10.6 Å². The number of nitrogens with one attached hydrogen (secondary N) is 2. The number of rotatable bonds is 4. The molecule has 2 N–H and O–H groups in total. The molecular weight excluding hydrogens is 332 g/mol. The topological polar surface area (TPSA) is 41.9 Å². The van der Waals surface area contributed by atoms with E-state index in [4.69, 9.17) is 11.6 Å². The van der Waals surface area contributed by atoms with E-state index in [1.807, 2.05) is 17.8 Å². The molecule has 0 saturated heterocycles. The van der Waals surface area contributed by atoms with Crippen molar-refractivity contribution in [3.63, 3.8) is 0 Å². The number of halogens is 1. The maximum absolute atomic E-state index is 6.08. The number of aromatic nitrogens is 2. The molecule has 0 spiro atoms. The van der Waals surface area contributed by atoms with Gasteiger partial charge in [-0.25, -0.2) is 4.68 Å². The number of benzene rings is 2. The second kappa shape index (κ2) is 6.90. The van der Waals surface area contributed by atoms with Crippen LogP contribution in [0.25, 0.3) is 5.69 Å². The van der Waals surface area contributed by atoms with Crippen LogP contribution >= 0.6 is 11.6 Å². The highest BCUT2D eigenvalue weighted by Gasteiger charge is 2.16. The van der Waals surface area contributed by atoms with E-state index >= 15 is 0 Å². The minimum atomic E-state index is 0.446. The lowest BCUT2D eigenvalue weighted by Crippen LogP contribution is -2.39. The molecule has 4 rings (SSSR count). The van der Waals surface area contributed by atoms with Crippen molar-refractivity contribution in [2.75, 3.05) is 11.9 Å². The van der Waals surface area contributed by atoms with Gasteiger partial charge >= 0.3 is 0 Å². The van der Waals surface area contributed by atoms with E-state index in [9.17, 15) is 0 Å². The molecule has 128 valence electrons. The molecule has 2 heterocycles. The van der Waals surface area contributed by atoms with Crippen molar-refractivity contribution in [3.8, 4) is 5.69 Å². The summed E-state index contributed by atoms with van der Waals surface area (Å²) in [6.45, 7) is 3.72. The van der Waals surface area contributed by atoms with E-state index in [0.717, 1.165) is 30.9 Å². The Morgan fingerprint density at radius 2 is 2.00 bits per heavy atom. The number of hydrogen-bond donors (Lipinski definition) is 2. The van der Waals surface area contributed by atoms with Crippen LogP contribution in [0.5, 0.6) is 0 Å². The van der Waals surface area contributed by atoms with Crippen molar-refractivity contribution < 1.29 is 0 Å². The fourth-order valence-electron chi connectivity index (χ4n) is 3.19. The number of aryl methyl sites for hydroxylation is 1. The monoisotopic (exact) mass is 352 g/mol. The second-order valence-electron chi connectivity index (χ2n) is 6.49. The van der Waals surface area contributed by atoms with Crippen molar-refractivity contribution in [3.05, 3.63) is 76.6 Å². The molecule has 1 atom stereocenters. The maximum atomic E-state index is 6.08. The van der Waals surface area contributed by atoms with Gasteiger partial charge in [0.1, 0.15) is 0 Å². The average molecular weight is 353 g/mol. The summed E-state index contributed by atoms with van der Waals surface area (Å²) in [5.41, 5.74) is 5.77. The van der Waals surface area contributed by atoms with Gasteiger partial charge in [0.25, 0.3) is 0 Å². The Balaban J connectivity index is 1.37. The van der Waals surface area contributed by atoms with Gasteiger partial charge in [0, 0.05) is 31.0 Å². The van der Waals surface area contributed by atoms with Crippen LogP contribution in [-0.4, -0.2) is 22.4 Å². The maximum Gasteiger partial charge on any atom is 0.0819 e. The number of hydrogen-bond acceptors (Lipinski definition) is 3. The van der Waals surface area contributed by atoms with Crippen LogP contribution in [0, 0.1) is 6.92 Å². The molecule has 0 amide bonds. The predicted octanol–water partition coefficient (Wildman–Crippen LogP) is 3.96. The SMILES string of the molecule is Cc1nn(-c2ccc(CNC3CNc4ccccc4C3)cc2)cc1Cl. The zero-order valence-electron chi connectivity index (χ0n) is 14.2. The zero-order chi connectivity index (χ0) is 17.2. The minimum Gasteiger partial charge on any atom is -0.383 e. The van der Waals surface area contributed by atoms with Gasteiger partial charge in [-0.2, -0.15) is 5.10 Å². The largest absolute Gasteiger partial charge is 0.383 e. The van der Waals surface area contributed by atoms with Crippen LogP contribution in [0.2, 0.25) is 5.02 Å². The van der Waals surface area contributed by atoms with Crippen molar-refractivity contribution >= 4 is 17.3 Å². The van der Waals surface area contributed by atoms with E-state index < -0.39 is 0 Å². The molecule has 25 heavy (non-hydrogen) atoms.